The molecule has 1 aromatic rings. The summed E-state index contributed by atoms with van der Waals surface area (Å²) in [6.45, 7) is 0. The minimum absolute atomic E-state index is 0.146. The predicted molar refractivity (Wildman–Crippen MR) is 59.1 cm³/mol. The van der Waals surface area contributed by atoms with Gasteiger partial charge in [-0.1, -0.05) is 0 Å². The first-order chi connectivity index (χ1) is 7.99. The van der Waals surface area contributed by atoms with E-state index in [1.54, 1.807) is 14.1 Å². The van der Waals surface area contributed by atoms with E-state index in [0.29, 0.717) is 11.3 Å². The fraction of sp³-hybridized carbons (Fsp3) is 0.417. The van der Waals surface area contributed by atoms with Crippen molar-refractivity contribution in [2.24, 2.45) is 0 Å². The average Bonchev–Trinajstić information content (AvgIpc) is 2.28. The number of benzene rings is 1. The van der Waals surface area contributed by atoms with Crippen molar-refractivity contribution in [1.82, 2.24) is 4.90 Å². The maximum Gasteiger partial charge on any atom is 0.263 e. The van der Waals surface area contributed by atoms with Crippen LogP contribution in [0.15, 0.2) is 18.2 Å². The zero-order valence-electron chi connectivity index (χ0n) is 9.68. The van der Waals surface area contributed by atoms with Gasteiger partial charge in [0.1, 0.15) is 11.6 Å². The SMILES string of the molecule is CN(C)C(=O)[C@@H]1C[C@H](O)c2cc(F)ccc2O1. The van der Waals surface area contributed by atoms with E-state index in [9.17, 15) is 14.3 Å². The van der Waals surface area contributed by atoms with E-state index in [1.807, 2.05) is 0 Å². The van der Waals surface area contributed by atoms with Gasteiger partial charge in [-0.25, -0.2) is 4.39 Å². The lowest BCUT2D eigenvalue weighted by molar-refractivity contribution is -0.138. The highest BCUT2D eigenvalue weighted by Gasteiger charge is 2.32. The van der Waals surface area contributed by atoms with Crippen LogP contribution in [0.3, 0.4) is 0 Å². The van der Waals surface area contributed by atoms with Gasteiger partial charge in [0.2, 0.25) is 0 Å². The van der Waals surface area contributed by atoms with Crippen LogP contribution in [0, 0.1) is 5.82 Å². The molecule has 1 aliphatic rings. The Morgan fingerprint density at radius 3 is 2.88 bits per heavy atom. The molecule has 0 spiro atoms. The number of aliphatic hydroxyl groups is 1. The first kappa shape index (κ1) is 11.9. The standard InChI is InChI=1S/C12H14FNO3/c1-14(2)12(16)11-6-9(15)8-5-7(13)3-4-10(8)17-11/h3-5,9,11,15H,6H2,1-2H3/t9-,11-/m0/s1. The molecule has 92 valence electrons. The molecular formula is C12H14FNO3. The van der Waals surface area contributed by atoms with Gasteiger partial charge < -0.3 is 14.7 Å². The largest absolute Gasteiger partial charge is 0.480 e. The first-order valence-corrected chi connectivity index (χ1v) is 5.34. The van der Waals surface area contributed by atoms with Crippen LogP contribution in [0.5, 0.6) is 5.75 Å². The summed E-state index contributed by atoms with van der Waals surface area (Å²) in [5, 5.41) is 9.87. The molecule has 0 bridgehead atoms. The second-order valence-corrected chi connectivity index (χ2v) is 4.27. The summed E-state index contributed by atoms with van der Waals surface area (Å²) in [6, 6.07) is 3.91. The molecule has 0 saturated carbocycles. The van der Waals surface area contributed by atoms with Crippen LogP contribution < -0.4 is 4.74 Å². The molecule has 2 rings (SSSR count). The summed E-state index contributed by atoms with van der Waals surface area (Å²) in [5.41, 5.74) is 0.396. The Morgan fingerprint density at radius 2 is 2.24 bits per heavy atom. The molecule has 0 unspecified atom stereocenters. The van der Waals surface area contributed by atoms with E-state index >= 15 is 0 Å². The zero-order valence-corrected chi connectivity index (χ0v) is 9.68. The number of likely N-dealkylation sites (N-methyl/N-ethyl adjacent to an activating group) is 1. The van der Waals surface area contributed by atoms with Crippen molar-refractivity contribution in [2.75, 3.05) is 14.1 Å². The van der Waals surface area contributed by atoms with E-state index < -0.39 is 18.0 Å². The number of halogens is 1. The average molecular weight is 239 g/mol. The highest BCUT2D eigenvalue weighted by atomic mass is 19.1. The Balaban J connectivity index is 2.27. The molecule has 1 amide bonds. The van der Waals surface area contributed by atoms with E-state index in [1.165, 1.54) is 23.1 Å². The zero-order chi connectivity index (χ0) is 12.6. The van der Waals surface area contributed by atoms with Crippen LogP contribution >= 0.6 is 0 Å². The third-order valence-electron chi connectivity index (χ3n) is 2.75. The second-order valence-electron chi connectivity index (χ2n) is 4.27. The summed E-state index contributed by atoms with van der Waals surface area (Å²) >= 11 is 0. The number of fused-ring (bicyclic) bond motifs is 1. The molecule has 1 heterocycles. The Labute approximate surface area is 98.6 Å². The monoisotopic (exact) mass is 239 g/mol. The third-order valence-corrected chi connectivity index (χ3v) is 2.75. The van der Waals surface area contributed by atoms with Gasteiger partial charge in [0, 0.05) is 26.1 Å². The second kappa shape index (κ2) is 4.33. The van der Waals surface area contributed by atoms with Gasteiger partial charge in [0.25, 0.3) is 5.91 Å². The molecule has 4 nitrogen and oxygen atoms in total. The summed E-state index contributed by atoms with van der Waals surface area (Å²) < 4.78 is 18.5. The molecule has 0 aromatic heterocycles. The molecule has 0 radical (unpaired) electrons. The van der Waals surface area contributed by atoms with Gasteiger partial charge >= 0.3 is 0 Å². The third kappa shape index (κ3) is 2.24. The number of carbonyl (C=O) groups is 1. The Morgan fingerprint density at radius 1 is 1.53 bits per heavy atom. The lowest BCUT2D eigenvalue weighted by Crippen LogP contribution is -2.40. The summed E-state index contributed by atoms with van der Waals surface area (Å²) in [5.74, 6) is -0.270. The first-order valence-electron chi connectivity index (χ1n) is 5.34. The summed E-state index contributed by atoms with van der Waals surface area (Å²) in [6.07, 6.45) is -1.44. The Hall–Kier alpha value is -1.62. The van der Waals surface area contributed by atoms with E-state index in [-0.39, 0.29) is 12.3 Å². The highest BCUT2D eigenvalue weighted by molar-refractivity contribution is 5.81. The van der Waals surface area contributed by atoms with Crippen molar-refractivity contribution in [3.63, 3.8) is 0 Å². The van der Waals surface area contributed by atoms with E-state index in [0.717, 1.165) is 0 Å². The number of ether oxygens (including phenoxy) is 1. The minimum Gasteiger partial charge on any atom is -0.480 e. The van der Waals surface area contributed by atoms with Crippen molar-refractivity contribution in [3.05, 3.63) is 29.6 Å². The number of rotatable bonds is 1. The highest BCUT2D eigenvalue weighted by Crippen LogP contribution is 2.35. The minimum atomic E-state index is -0.872. The summed E-state index contributed by atoms with van der Waals surface area (Å²) in [4.78, 5) is 13.1. The van der Waals surface area contributed by atoms with Gasteiger partial charge in [-0.3, -0.25) is 4.79 Å². The molecule has 1 aliphatic heterocycles. The van der Waals surface area contributed by atoms with Gasteiger partial charge in [-0.15, -0.1) is 0 Å². The molecule has 0 fully saturated rings. The van der Waals surface area contributed by atoms with Crippen LogP contribution in [0.2, 0.25) is 0 Å². The molecule has 1 N–H and O–H groups in total. The van der Waals surface area contributed by atoms with E-state index in [4.69, 9.17) is 4.74 Å². The fourth-order valence-electron chi connectivity index (χ4n) is 1.86. The number of amides is 1. The number of carbonyl (C=O) groups excluding carboxylic acids is 1. The lowest BCUT2D eigenvalue weighted by atomic mass is 9.98. The van der Waals surface area contributed by atoms with Gasteiger partial charge in [0.15, 0.2) is 6.10 Å². The maximum absolute atomic E-state index is 13.0. The van der Waals surface area contributed by atoms with Crippen molar-refractivity contribution in [2.45, 2.75) is 18.6 Å². The van der Waals surface area contributed by atoms with Crippen LogP contribution in [-0.4, -0.2) is 36.1 Å². The number of hydrogen-bond donors (Lipinski definition) is 1. The van der Waals surface area contributed by atoms with Crippen LogP contribution in [-0.2, 0) is 4.79 Å². The Bertz CT molecular complexity index is 447. The van der Waals surface area contributed by atoms with Gasteiger partial charge in [-0.2, -0.15) is 0 Å². The van der Waals surface area contributed by atoms with Crippen LogP contribution in [0.1, 0.15) is 18.1 Å². The predicted octanol–water partition coefficient (Wildman–Crippen LogP) is 1.10. The van der Waals surface area contributed by atoms with Crippen molar-refractivity contribution < 1.29 is 19.0 Å². The lowest BCUT2D eigenvalue weighted by Gasteiger charge is -2.30. The molecule has 0 saturated heterocycles. The smallest absolute Gasteiger partial charge is 0.263 e. The van der Waals surface area contributed by atoms with Crippen molar-refractivity contribution in [1.29, 1.82) is 0 Å². The van der Waals surface area contributed by atoms with Crippen molar-refractivity contribution >= 4 is 5.91 Å². The fourth-order valence-corrected chi connectivity index (χ4v) is 1.86. The number of aliphatic hydroxyl groups excluding tert-OH is 1. The number of hydrogen-bond acceptors (Lipinski definition) is 3. The molecular weight excluding hydrogens is 225 g/mol. The normalized spacial score (nSPS) is 22.6. The molecule has 1 aromatic carbocycles. The topological polar surface area (TPSA) is 49.8 Å². The molecule has 0 aliphatic carbocycles. The molecule has 5 heteroatoms. The quantitative estimate of drug-likeness (QED) is 0.798. The maximum atomic E-state index is 13.0. The summed E-state index contributed by atoms with van der Waals surface area (Å²) in [7, 11) is 3.25. The Kier molecular flexibility index (Phi) is 3.02. The van der Waals surface area contributed by atoms with Gasteiger partial charge in [-0.05, 0) is 18.2 Å². The molecule has 17 heavy (non-hydrogen) atoms. The molecule has 2 atom stereocenters. The number of nitrogens with zero attached hydrogens (tertiary/aromatic N) is 1. The van der Waals surface area contributed by atoms with Crippen LogP contribution in [0.25, 0.3) is 0 Å². The van der Waals surface area contributed by atoms with Gasteiger partial charge in [0.05, 0.1) is 6.10 Å². The van der Waals surface area contributed by atoms with Crippen LogP contribution in [0.4, 0.5) is 4.39 Å². The van der Waals surface area contributed by atoms with E-state index in [2.05, 4.69) is 0 Å². The van der Waals surface area contributed by atoms with Crippen molar-refractivity contribution in [3.8, 4) is 5.75 Å².